The van der Waals surface area contributed by atoms with Crippen LogP contribution in [-0.2, 0) is 11.3 Å². The molecular formula is C22H29NO2. The number of amides is 1. The summed E-state index contributed by atoms with van der Waals surface area (Å²) in [6, 6.07) is 16.3. The van der Waals surface area contributed by atoms with Crippen LogP contribution in [0.25, 0.3) is 0 Å². The third kappa shape index (κ3) is 5.09. The molecule has 0 saturated carbocycles. The van der Waals surface area contributed by atoms with E-state index in [0.717, 1.165) is 22.4 Å². The van der Waals surface area contributed by atoms with Crippen LogP contribution in [0.1, 0.15) is 50.3 Å². The van der Waals surface area contributed by atoms with Crippen LogP contribution in [-0.4, -0.2) is 23.5 Å². The van der Waals surface area contributed by atoms with Crippen molar-refractivity contribution in [2.24, 2.45) is 0 Å². The monoisotopic (exact) mass is 339 g/mol. The molecule has 2 rings (SSSR count). The number of rotatable bonds is 7. The van der Waals surface area contributed by atoms with E-state index in [0.29, 0.717) is 19.0 Å². The Hall–Kier alpha value is -2.29. The Morgan fingerprint density at radius 2 is 1.76 bits per heavy atom. The number of hydrogen-bond donors (Lipinski definition) is 0. The number of ether oxygens (including phenoxy) is 1. The molecule has 134 valence electrons. The number of benzene rings is 2. The highest BCUT2D eigenvalue weighted by atomic mass is 16.5. The minimum atomic E-state index is -0.511. The summed E-state index contributed by atoms with van der Waals surface area (Å²) >= 11 is 0. The average Bonchev–Trinajstić information content (AvgIpc) is 2.59. The van der Waals surface area contributed by atoms with Gasteiger partial charge in [-0.2, -0.15) is 0 Å². The van der Waals surface area contributed by atoms with Crippen molar-refractivity contribution < 1.29 is 9.53 Å². The molecule has 25 heavy (non-hydrogen) atoms. The predicted molar refractivity (Wildman–Crippen MR) is 103 cm³/mol. The molecule has 0 N–H and O–H groups in total. The molecule has 1 atom stereocenters. The number of aryl methyl sites for hydroxylation is 1. The first kappa shape index (κ1) is 19.0. The molecule has 0 unspecified atom stereocenters. The molecule has 2 aromatic carbocycles. The van der Waals surface area contributed by atoms with Crippen molar-refractivity contribution in [3.63, 3.8) is 0 Å². The van der Waals surface area contributed by atoms with Crippen LogP contribution >= 0.6 is 0 Å². The van der Waals surface area contributed by atoms with Gasteiger partial charge >= 0.3 is 0 Å². The third-order valence-corrected chi connectivity index (χ3v) is 4.35. The Morgan fingerprint density at radius 1 is 1.08 bits per heavy atom. The number of carbonyl (C=O) groups excluding carboxylic acids is 1. The number of carbonyl (C=O) groups is 1. The predicted octanol–water partition coefficient (Wildman–Crippen LogP) is 4.93. The topological polar surface area (TPSA) is 29.5 Å². The van der Waals surface area contributed by atoms with Gasteiger partial charge < -0.3 is 9.64 Å². The zero-order chi connectivity index (χ0) is 18.4. The van der Waals surface area contributed by atoms with Crippen molar-refractivity contribution in [1.29, 1.82) is 0 Å². The quantitative estimate of drug-likeness (QED) is 0.715. The zero-order valence-electron chi connectivity index (χ0n) is 16.0. The maximum Gasteiger partial charge on any atom is 0.263 e. The van der Waals surface area contributed by atoms with E-state index in [-0.39, 0.29) is 5.91 Å². The molecule has 0 fully saturated rings. The molecule has 0 spiro atoms. The molecule has 0 aliphatic heterocycles. The van der Waals surface area contributed by atoms with Crippen molar-refractivity contribution in [3.8, 4) is 5.75 Å². The standard InChI is InChI=1S/C22H29NO2/c1-6-23(15-19-10-8-7-9-11-19)22(24)18(5)25-21-14-17(4)12-13-20(21)16(2)3/h7-14,16,18H,6,15H2,1-5H3/t18-/m1/s1. The largest absolute Gasteiger partial charge is 0.481 e. The molecule has 0 saturated heterocycles. The molecule has 0 aliphatic rings. The van der Waals surface area contributed by atoms with Crippen LogP contribution in [0.5, 0.6) is 5.75 Å². The third-order valence-electron chi connectivity index (χ3n) is 4.35. The molecule has 1 amide bonds. The Balaban J connectivity index is 2.12. The first-order valence-electron chi connectivity index (χ1n) is 9.02. The minimum Gasteiger partial charge on any atom is -0.481 e. The van der Waals surface area contributed by atoms with Crippen LogP contribution in [0.3, 0.4) is 0 Å². The Kier molecular flexibility index (Phi) is 6.63. The number of hydrogen-bond acceptors (Lipinski definition) is 2. The lowest BCUT2D eigenvalue weighted by molar-refractivity contribution is -0.138. The summed E-state index contributed by atoms with van der Waals surface area (Å²) in [5, 5.41) is 0. The van der Waals surface area contributed by atoms with E-state index in [1.165, 1.54) is 0 Å². The van der Waals surface area contributed by atoms with E-state index >= 15 is 0 Å². The van der Waals surface area contributed by atoms with Crippen molar-refractivity contribution in [1.82, 2.24) is 4.90 Å². The number of likely N-dealkylation sites (N-methyl/N-ethyl adjacent to an activating group) is 1. The molecule has 2 aromatic rings. The maximum absolute atomic E-state index is 12.8. The van der Waals surface area contributed by atoms with Crippen LogP contribution in [0.15, 0.2) is 48.5 Å². The highest BCUT2D eigenvalue weighted by Gasteiger charge is 2.22. The smallest absolute Gasteiger partial charge is 0.263 e. The van der Waals surface area contributed by atoms with Gasteiger partial charge in [-0.25, -0.2) is 0 Å². The van der Waals surface area contributed by atoms with Gasteiger partial charge in [0.25, 0.3) is 5.91 Å². The van der Waals surface area contributed by atoms with Crippen LogP contribution in [0, 0.1) is 6.92 Å². The second-order valence-corrected chi connectivity index (χ2v) is 6.79. The van der Waals surface area contributed by atoms with Crippen LogP contribution in [0.2, 0.25) is 0 Å². The highest BCUT2D eigenvalue weighted by Crippen LogP contribution is 2.28. The normalized spacial score (nSPS) is 12.1. The lowest BCUT2D eigenvalue weighted by Gasteiger charge is -2.26. The summed E-state index contributed by atoms with van der Waals surface area (Å²) in [4.78, 5) is 14.7. The lowest BCUT2D eigenvalue weighted by atomic mass is 10.0. The first-order valence-corrected chi connectivity index (χ1v) is 9.02. The molecule has 0 bridgehead atoms. The average molecular weight is 339 g/mol. The molecule has 0 radical (unpaired) electrons. The summed E-state index contributed by atoms with van der Waals surface area (Å²) in [5.74, 6) is 1.18. The van der Waals surface area contributed by atoms with E-state index in [1.807, 2.05) is 62.1 Å². The van der Waals surface area contributed by atoms with Crippen molar-refractivity contribution in [2.75, 3.05) is 6.54 Å². The van der Waals surface area contributed by atoms with E-state index in [2.05, 4.69) is 26.0 Å². The highest BCUT2D eigenvalue weighted by molar-refractivity contribution is 5.81. The molecule has 3 heteroatoms. The van der Waals surface area contributed by atoms with Gasteiger partial charge in [-0.15, -0.1) is 0 Å². The Bertz CT molecular complexity index is 694. The molecule has 3 nitrogen and oxygen atoms in total. The molecule has 0 aromatic heterocycles. The van der Waals surface area contributed by atoms with Gasteiger partial charge in [0.1, 0.15) is 5.75 Å². The SMILES string of the molecule is CCN(Cc1ccccc1)C(=O)[C@@H](C)Oc1cc(C)ccc1C(C)C. The van der Waals surface area contributed by atoms with Crippen LogP contribution in [0.4, 0.5) is 0 Å². The summed E-state index contributed by atoms with van der Waals surface area (Å²) in [6.45, 7) is 11.4. The summed E-state index contributed by atoms with van der Waals surface area (Å²) in [5.41, 5.74) is 3.40. The fourth-order valence-electron chi connectivity index (χ4n) is 2.87. The first-order chi connectivity index (χ1) is 11.9. The van der Waals surface area contributed by atoms with Gasteiger partial charge in [-0.1, -0.05) is 56.3 Å². The second kappa shape index (κ2) is 8.70. The van der Waals surface area contributed by atoms with Gasteiger partial charge in [0.05, 0.1) is 0 Å². The Labute approximate surface area is 151 Å². The lowest BCUT2D eigenvalue weighted by Crippen LogP contribution is -2.40. The van der Waals surface area contributed by atoms with Gasteiger partial charge in [0.2, 0.25) is 0 Å². The second-order valence-electron chi connectivity index (χ2n) is 6.79. The van der Waals surface area contributed by atoms with E-state index in [4.69, 9.17) is 4.74 Å². The fourth-order valence-corrected chi connectivity index (χ4v) is 2.87. The molecular weight excluding hydrogens is 310 g/mol. The number of nitrogens with zero attached hydrogens (tertiary/aromatic N) is 1. The van der Waals surface area contributed by atoms with Gasteiger partial charge in [-0.3, -0.25) is 4.79 Å². The van der Waals surface area contributed by atoms with Crippen LogP contribution < -0.4 is 4.74 Å². The van der Waals surface area contributed by atoms with Gasteiger partial charge in [0.15, 0.2) is 6.10 Å². The molecule has 0 heterocycles. The summed E-state index contributed by atoms with van der Waals surface area (Å²) in [6.07, 6.45) is -0.511. The summed E-state index contributed by atoms with van der Waals surface area (Å²) < 4.78 is 6.08. The van der Waals surface area contributed by atoms with E-state index < -0.39 is 6.10 Å². The van der Waals surface area contributed by atoms with E-state index in [9.17, 15) is 4.79 Å². The van der Waals surface area contributed by atoms with Gasteiger partial charge in [-0.05, 0) is 49.4 Å². The summed E-state index contributed by atoms with van der Waals surface area (Å²) in [7, 11) is 0. The van der Waals surface area contributed by atoms with Gasteiger partial charge in [0, 0.05) is 13.1 Å². The van der Waals surface area contributed by atoms with Crippen molar-refractivity contribution in [3.05, 3.63) is 65.2 Å². The van der Waals surface area contributed by atoms with Crippen molar-refractivity contribution in [2.45, 2.75) is 53.2 Å². The fraction of sp³-hybridized carbons (Fsp3) is 0.409. The van der Waals surface area contributed by atoms with E-state index in [1.54, 1.807) is 0 Å². The van der Waals surface area contributed by atoms with Crippen molar-refractivity contribution >= 4 is 5.91 Å². The molecule has 0 aliphatic carbocycles. The minimum absolute atomic E-state index is 0.0163. The zero-order valence-corrected chi connectivity index (χ0v) is 16.0. The Morgan fingerprint density at radius 3 is 2.36 bits per heavy atom. The maximum atomic E-state index is 12.8.